The highest BCUT2D eigenvalue weighted by Crippen LogP contribution is 2.42. The van der Waals surface area contributed by atoms with Gasteiger partial charge in [0.05, 0.1) is 0 Å². The first-order valence-corrected chi connectivity index (χ1v) is 29.3. The Bertz CT molecular complexity index is 3420. The second-order valence-electron chi connectivity index (χ2n) is 21.4. The van der Waals surface area contributed by atoms with Crippen LogP contribution in [0.2, 0.25) is 13.1 Å². The van der Waals surface area contributed by atoms with Crippen molar-refractivity contribution in [1.29, 1.82) is 0 Å². The van der Waals surface area contributed by atoms with Gasteiger partial charge >= 0.3 is 14.2 Å². The van der Waals surface area contributed by atoms with E-state index in [0.29, 0.717) is 68.7 Å². The number of nitrogens with zero attached hydrogens (tertiary/aromatic N) is 4. The number of benzene rings is 7. The molecule has 14 heteroatoms. The zero-order valence-electron chi connectivity index (χ0n) is 45.4. The van der Waals surface area contributed by atoms with Gasteiger partial charge in [-0.15, -0.1) is 0 Å². The van der Waals surface area contributed by atoms with E-state index in [-0.39, 0.29) is 18.3 Å². The molecular formula is C63H70B2ClN5O5Si. The molecule has 9 rings (SSSR count). The minimum absolute atomic E-state index is 0. The molecule has 0 bridgehead atoms. The van der Waals surface area contributed by atoms with Crippen LogP contribution in [-0.4, -0.2) is 110 Å². The maximum atomic E-state index is 12.4. The number of amides is 1. The van der Waals surface area contributed by atoms with Gasteiger partial charge in [0.2, 0.25) is 5.91 Å². The van der Waals surface area contributed by atoms with E-state index in [2.05, 4.69) is 182 Å². The van der Waals surface area contributed by atoms with Gasteiger partial charge in [-0.05, 0) is 124 Å². The molecule has 1 heterocycles. The van der Waals surface area contributed by atoms with E-state index >= 15 is 0 Å². The van der Waals surface area contributed by atoms with Crippen molar-refractivity contribution in [3.8, 4) is 0 Å². The number of halogens is 1. The van der Waals surface area contributed by atoms with Crippen molar-refractivity contribution < 1.29 is 41.9 Å². The predicted molar refractivity (Wildman–Crippen MR) is 318 cm³/mol. The van der Waals surface area contributed by atoms with Gasteiger partial charge in [-0.3, -0.25) is 14.6 Å². The molecule has 5 N–H and O–H groups in total. The van der Waals surface area contributed by atoms with Crippen molar-refractivity contribution in [1.82, 2.24) is 15.1 Å². The summed E-state index contributed by atoms with van der Waals surface area (Å²) in [6.07, 6.45) is 7.65. The average Bonchev–Trinajstić information content (AvgIpc) is 3.41. The Morgan fingerprint density at radius 2 is 1.18 bits per heavy atom. The minimum atomic E-state index is -2.12. The highest BCUT2D eigenvalue weighted by Gasteiger charge is 2.40. The molecule has 2 aliphatic rings. The fourth-order valence-corrected chi connectivity index (χ4v) is 14.3. The molecule has 0 saturated carbocycles. The number of hydrogen-bond donors (Lipinski definition) is 5. The van der Waals surface area contributed by atoms with E-state index in [9.17, 15) is 24.9 Å². The molecule has 0 aromatic heterocycles. The van der Waals surface area contributed by atoms with Gasteiger partial charge in [-0.25, -0.2) is 4.58 Å². The van der Waals surface area contributed by atoms with Crippen LogP contribution in [0.4, 0.5) is 5.69 Å². The van der Waals surface area contributed by atoms with Crippen molar-refractivity contribution >= 4 is 82.8 Å². The van der Waals surface area contributed by atoms with Crippen LogP contribution < -0.4 is 38.7 Å². The van der Waals surface area contributed by atoms with Crippen LogP contribution in [0, 0.1) is 0 Å². The molecule has 1 aliphatic heterocycles. The van der Waals surface area contributed by atoms with E-state index < -0.39 is 22.3 Å². The minimum Gasteiger partial charge on any atom is -1.00 e. The predicted octanol–water partition coefficient (Wildman–Crippen LogP) is 4.19. The topological polar surface area (TPSA) is 123 Å². The Kier molecular flexibility index (Phi) is 17.9. The zero-order chi connectivity index (χ0) is 53.8. The van der Waals surface area contributed by atoms with Gasteiger partial charge in [0.1, 0.15) is 22.2 Å². The number of hydrogen-bond acceptors (Lipinski definition) is 8. The number of rotatable bonds is 19. The van der Waals surface area contributed by atoms with E-state index in [1.165, 1.54) is 49.6 Å². The van der Waals surface area contributed by atoms with E-state index in [4.69, 9.17) is 0 Å². The van der Waals surface area contributed by atoms with Gasteiger partial charge in [0.15, 0.2) is 5.71 Å². The van der Waals surface area contributed by atoms with Crippen LogP contribution in [0.3, 0.4) is 0 Å². The number of fused-ring (bicyclic) bond motifs is 4. The van der Waals surface area contributed by atoms with Crippen LogP contribution in [0.15, 0.2) is 181 Å². The largest absolute Gasteiger partial charge is 1.00 e. The summed E-state index contributed by atoms with van der Waals surface area (Å²) in [5, 5.41) is 52.4. The Hall–Kier alpha value is -6.64. The Balaban J connectivity index is 0.00000784. The molecule has 77 heavy (non-hydrogen) atoms. The van der Waals surface area contributed by atoms with Gasteiger partial charge in [-0.2, -0.15) is 0 Å². The lowest BCUT2D eigenvalue weighted by atomic mass is 9.77. The second-order valence-corrected chi connectivity index (χ2v) is 25.7. The van der Waals surface area contributed by atoms with Crippen molar-refractivity contribution in [2.75, 3.05) is 46.2 Å². The maximum Gasteiger partial charge on any atom is 0.488 e. The van der Waals surface area contributed by atoms with Crippen LogP contribution >= 0.6 is 0 Å². The molecule has 394 valence electrons. The fraction of sp³-hybridized carbons (Fsp3) is 0.238. The summed E-state index contributed by atoms with van der Waals surface area (Å²) in [7, 11) is 3.09. The summed E-state index contributed by atoms with van der Waals surface area (Å²) in [6, 6.07) is 48.2. The first kappa shape index (κ1) is 56.6. The molecule has 1 amide bonds. The monoisotopic (exact) mass is 1060 g/mol. The molecule has 10 nitrogen and oxygen atoms in total. The normalized spacial score (nSPS) is 13.6. The van der Waals surface area contributed by atoms with Crippen LogP contribution in [-0.2, 0) is 37.5 Å². The highest BCUT2D eigenvalue weighted by molar-refractivity contribution is 6.98. The molecule has 0 unspecified atom stereocenters. The lowest BCUT2D eigenvalue weighted by Crippen LogP contribution is -3.00. The molecule has 0 saturated heterocycles. The highest BCUT2D eigenvalue weighted by atomic mass is 35.5. The summed E-state index contributed by atoms with van der Waals surface area (Å²) < 4.78 is 2.19. The third-order valence-electron chi connectivity index (χ3n) is 15.3. The maximum absolute atomic E-state index is 12.4. The fourth-order valence-electron chi connectivity index (χ4n) is 11.2. The van der Waals surface area contributed by atoms with Crippen LogP contribution in [0.1, 0.15) is 52.3 Å². The number of carbonyl (C=O) groups is 1. The van der Waals surface area contributed by atoms with E-state index in [1.54, 1.807) is 19.1 Å². The van der Waals surface area contributed by atoms with Gasteiger partial charge in [-0.1, -0.05) is 147 Å². The van der Waals surface area contributed by atoms with Crippen molar-refractivity contribution in [3.63, 3.8) is 0 Å². The van der Waals surface area contributed by atoms with Crippen LogP contribution in [0.25, 0.3) is 27.1 Å². The van der Waals surface area contributed by atoms with Crippen LogP contribution in [0.5, 0.6) is 0 Å². The quantitative estimate of drug-likeness (QED) is 0.0269. The number of carbonyl (C=O) groups excluding carboxylic acids is 1. The Labute approximate surface area is 462 Å². The zero-order valence-corrected chi connectivity index (χ0v) is 47.1. The Morgan fingerprint density at radius 3 is 1.70 bits per heavy atom. The van der Waals surface area contributed by atoms with E-state index in [1.807, 2.05) is 36.4 Å². The molecule has 0 spiro atoms. The molecule has 0 fully saturated rings. The molecule has 1 aliphatic carbocycles. The smallest absolute Gasteiger partial charge is 0.488 e. The first-order valence-electron chi connectivity index (χ1n) is 26.3. The molecule has 7 aromatic carbocycles. The summed E-state index contributed by atoms with van der Waals surface area (Å²) >= 11 is 0. The van der Waals surface area contributed by atoms with E-state index in [0.717, 1.165) is 43.8 Å². The first-order chi connectivity index (χ1) is 36.5. The van der Waals surface area contributed by atoms with Crippen molar-refractivity contribution in [2.24, 2.45) is 0 Å². The van der Waals surface area contributed by atoms with Crippen molar-refractivity contribution in [3.05, 3.63) is 220 Å². The molecular weight excluding hydrogens is 992 g/mol. The standard InChI is InChI=1S/C63H69B2N5O5Si.ClH/c1-43(2)63(71)66-34-17-35-69(39-46-18-9-15-24-58(46)64(72)73)41-56-50-20-11-13-22-52(50)57(53-23-14-12-21-51(53)56)42-70(40-47-19-10-16-25-59(47)65(74)75)38-44-26-28-45(29-27-44)62-54-32-30-48(67(3)4)36-60(54)76(7,8)61-37-49(68(5)6)31-33-55(61)62;/h9-16,18-33,36-37,72-75H,1,17,34-35,38-42H2,2-8H3;1H. The molecule has 0 radical (unpaired) electrons. The number of anilines is 1. The third kappa shape index (κ3) is 12.2. The lowest BCUT2D eigenvalue weighted by molar-refractivity contribution is -0.462. The molecule has 7 aromatic rings. The summed E-state index contributed by atoms with van der Waals surface area (Å²) in [5.74, 6) is -0.172. The SMILES string of the molecule is C=C(C)C(=O)NCCCN(Cc1ccccc1B(O)O)Cc1c2ccccc2c(CN(Cc2ccc(C3=C4C=CC(=[N+](C)C)C=C4[Si](C)(C)c4cc(N(C)C)ccc43)cc2)Cc2ccccc2B(O)O)c2ccccc12.[Cl-]. The third-order valence-corrected chi connectivity index (χ3v) is 18.8. The average molecular weight is 1060 g/mol. The van der Waals surface area contributed by atoms with Gasteiger partial charge in [0.25, 0.3) is 0 Å². The molecule has 0 atom stereocenters. The number of allylic oxidation sites excluding steroid dienone is 5. The second kappa shape index (κ2) is 24.4. The summed E-state index contributed by atoms with van der Waals surface area (Å²) in [4.78, 5) is 19.4. The summed E-state index contributed by atoms with van der Waals surface area (Å²) in [5.41, 5.74) is 14.0. The number of nitrogens with one attached hydrogen (secondary N) is 1. The lowest BCUT2D eigenvalue weighted by Gasteiger charge is -2.38. The van der Waals surface area contributed by atoms with Gasteiger partial charge in [0, 0.05) is 83.3 Å². The Morgan fingerprint density at radius 1 is 0.662 bits per heavy atom. The van der Waals surface area contributed by atoms with Gasteiger partial charge < -0.3 is 42.7 Å². The van der Waals surface area contributed by atoms with Crippen molar-refractivity contribution in [2.45, 2.75) is 59.2 Å². The summed E-state index contributed by atoms with van der Waals surface area (Å²) in [6.45, 7) is 14.2.